The van der Waals surface area contributed by atoms with Crippen molar-refractivity contribution in [1.29, 1.82) is 0 Å². The van der Waals surface area contributed by atoms with Gasteiger partial charge in [0.1, 0.15) is 0 Å². The topological polar surface area (TPSA) is 69.6 Å². The lowest BCUT2D eigenvalue weighted by atomic mass is 10.0. The van der Waals surface area contributed by atoms with Crippen molar-refractivity contribution < 1.29 is 13.2 Å². The summed E-state index contributed by atoms with van der Waals surface area (Å²) in [4.78, 5) is 0. The average Bonchev–Trinajstić information content (AvgIpc) is 2.80. The van der Waals surface area contributed by atoms with Crippen molar-refractivity contribution in [1.82, 2.24) is 20.2 Å². The highest BCUT2D eigenvalue weighted by Gasteiger charge is 2.26. The van der Waals surface area contributed by atoms with Gasteiger partial charge in [-0.3, -0.25) is 0 Å². The molecule has 114 valence electrons. The highest BCUT2D eigenvalue weighted by atomic mass is 19.4. The van der Waals surface area contributed by atoms with Crippen molar-refractivity contribution in [3.8, 4) is 11.4 Å². The summed E-state index contributed by atoms with van der Waals surface area (Å²) in [5, 5.41) is 11.2. The first-order valence-electron chi connectivity index (χ1n) is 6.48. The quantitative estimate of drug-likeness (QED) is 0.881. The molecule has 1 aromatic heterocycles. The van der Waals surface area contributed by atoms with Gasteiger partial charge in [-0.25, -0.2) is 4.68 Å². The molecule has 0 saturated carbocycles. The van der Waals surface area contributed by atoms with Crippen LogP contribution < -0.4 is 5.73 Å². The van der Waals surface area contributed by atoms with Crippen LogP contribution in [0.5, 0.6) is 0 Å². The van der Waals surface area contributed by atoms with Crippen molar-refractivity contribution in [2.75, 3.05) is 5.73 Å². The number of hydrogen-bond donors (Lipinski definition) is 1. The molecule has 2 aromatic rings. The average molecular weight is 299 g/mol. The van der Waals surface area contributed by atoms with Crippen molar-refractivity contribution in [3.05, 3.63) is 23.3 Å². The van der Waals surface area contributed by atoms with Crippen molar-refractivity contribution in [2.24, 2.45) is 0 Å². The molecule has 2 N–H and O–H groups in total. The number of tetrazole rings is 1. The Labute approximate surface area is 119 Å². The summed E-state index contributed by atoms with van der Waals surface area (Å²) in [6.07, 6.45) is -5.10. The van der Waals surface area contributed by atoms with Crippen LogP contribution in [0.2, 0.25) is 0 Å². The van der Waals surface area contributed by atoms with E-state index >= 15 is 0 Å². The third kappa shape index (κ3) is 3.71. The largest absolute Gasteiger partial charge is 0.398 e. The number of aryl methyl sites for hydroxylation is 3. The lowest BCUT2D eigenvalue weighted by Gasteiger charge is -2.10. The number of rotatable bonds is 4. The van der Waals surface area contributed by atoms with Crippen LogP contribution in [0.1, 0.15) is 24.0 Å². The summed E-state index contributed by atoms with van der Waals surface area (Å²) in [5.74, 6) is 0.432. The predicted molar refractivity (Wildman–Crippen MR) is 72.4 cm³/mol. The van der Waals surface area contributed by atoms with Crippen molar-refractivity contribution in [2.45, 2.75) is 39.4 Å². The van der Waals surface area contributed by atoms with Crippen LogP contribution >= 0.6 is 0 Å². The minimum absolute atomic E-state index is 0.0675. The van der Waals surface area contributed by atoms with Crippen LogP contribution in [0.25, 0.3) is 11.4 Å². The van der Waals surface area contributed by atoms with Gasteiger partial charge >= 0.3 is 6.18 Å². The summed E-state index contributed by atoms with van der Waals surface area (Å²) in [7, 11) is 0. The molecule has 5 nitrogen and oxygen atoms in total. The maximum Gasteiger partial charge on any atom is 0.389 e. The predicted octanol–water partition coefficient (Wildman–Crippen LogP) is 2.88. The molecule has 1 aromatic carbocycles. The SMILES string of the molecule is Cc1cc(C)c(-c2nnnn2CCCC(F)(F)F)cc1N. The summed E-state index contributed by atoms with van der Waals surface area (Å²) in [6, 6.07) is 3.65. The molecule has 1 heterocycles. The van der Waals surface area contributed by atoms with E-state index in [1.54, 1.807) is 6.07 Å². The second-order valence-electron chi connectivity index (χ2n) is 4.97. The van der Waals surface area contributed by atoms with Crippen LogP contribution in [-0.4, -0.2) is 26.4 Å². The second-order valence-corrected chi connectivity index (χ2v) is 4.97. The van der Waals surface area contributed by atoms with Gasteiger partial charge in [-0.05, 0) is 47.9 Å². The first kappa shape index (κ1) is 15.3. The van der Waals surface area contributed by atoms with E-state index in [4.69, 9.17) is 5.73 Å². The number of alkyl halides is 3. The molecule has 2 rings (SSSR count). The number of nitrogens with zero attached hydrogens (tertiary/aromatic N) is 4. The number of benzene rings is 1. The van der Waals surface area contributed by atoms with Gasteiger partial charge in [0, 0.05) is 24.2 Å². The van der Waals surface area contributed by atoms with Crippen LogP contribution in [0.15, 0.2) is 12.1 Å². The van der Waals surface area contributed by atoms with E-state index < -0.39 is 12.6 Å². The molecular formula is C13H16F3N5. The van der Waals surface area contributed by atoms with Crippen LogP contribution in [-0.2, 0) is 6.54 Å². The Morgan fingerprint density at radius 3 is 2.57 bits per heavy atom. The van der Waals surface area contributed by atoms with E-state index in [0.29, 0.717) is 11.5 Å². The molecule has 0 aliphatic carbocycles. The summed E-state index contributed by atoms with van der Waals surface area (Å²) in [6.45, 7) is 3.88. The smallest absolute Gasteiger partial charge is 0.389 e. The molecule has 21 heavy (non-hydrogen) atoms. The van der Waals surface area contributed by atoms with Gasteiger partial charge in [0.2, 0.25) is 0 Å². The molecule has 0 radical (unpaired) electrons. The summed E-state index contributed by atoms with van der Waals surface area (Å²) in [5.41, 5.74) is 9.07. The molecule has 8 heteroatoms. The summed E-state index contributed by atoms with van der Waals surface area (Å²) >= 11 is 0. The van der Waals surface area contributed by atoms with Crippen molar-refractivity contribution in [3.63, 3.8) is 0 Å². The normalized spacial score (nSPS) is 11.9. The lowest BCUT2D eigenvalue weighted by Crippen LogP contribution is -2.11. The first-order chi connectivity index (χ1) is 9.78. The number of halogens is 3. The van der Waals surface area contributed by atoms with Gasteiger partial charge in [-0.2, -0.15) is 13.2 Å². The third-order valence-electron chi connectivity index (χ3n) is 3.22. The molecule has 0 fully saturated rings. The maximum atomic E-state index is 12.2. The highest BCUT2D eigenvalue weighted by molar-refractivity contribution is 5.67. The Hall–Kier alpha value is -2.12. The molecular weight excluding hydrogens is 283 g/mol. The van der Waals surface area contributed by atoms with Gasteiger partial charge < -0.3 is 5.73 Å². The van der Waals surface area contributed by atoms with Gasteiger partial charge in [0.25, 0.3) is 0 Å². The van der Waals surface area contributed by atoms with E-state index in [0.717, 1.165) is 16.7 Å². The molecule has 0 aliphatic rings. The van der Waals surface area contributed by atoms with E-state index in [1.807, 2.05) is 19.9 Å². The Morgan fingerprint density at radius 2 is 1.90 bits per heavy atom. The fourth-order valence-electron chi connectivity index (χ4n) is 2.09. The van der Waals surface area contributed by atoms with Gasteiger partial charge in [0.15, 0.2) is 5.82 Å². The molecule has 0 atom stereocenters. The van der Waals surface area contributed by atoms with Crippen molar-refractivity contribution >= 4 is 5.69 Å². The minimum Gasteiger partial charge on any atom is -0.398 e. The standard InChI is InChI=1S/C13H16F3N5/c1-8-6-9(2)11(17)7-10(8)12-18-19-20-21(12)5-3-4-13(14,15)16/h6-7H,3-5,17H2,1-2H3. The number of nitrogen functional groups attached to an aromatic ring is 1. The van der Waals surface area contributed by atoms with Gasteiger partial charge in [-0.15, -0.1) is 5.10 Å². The fraction of sp³-hybridized carbons (Fsp3) is 0.462. The monoisotopic (exact) mass is 299 g/mol. The number of nitrogens with two attached hydrogens (primary N) is 1. The second kappa shape index (κ2) is 5.71. The van der Waals surface area contributed by atoms with Crippen LogP contribution in [0, 0.1) is 13.8 Å². The first-order valence-corrected chi connectivity index (χ1v) is 6.48. The molecule has 0 unspecified atom stereocenters. The van der Waals surface area contributed by atoms with E-state index in [-0.39, 0.29) is 13.0 Å². The Morgan fingerprint density at radius 1 is 1.19 bits per heavy atom. The Balaban J connectivity index is 2.22. The maximum absolute atomic E-state index is 12.2. The molecule has 0 saturated heterocycles. The Bertz CT molecular complexity index is 633. The Kier molecular flexibility index (Phi) is 4.15. The fourth-order valence-corrected chi connectivity index (χ4v) is 2.09. The zero-order chi connectivity index (χ0) is 15.6. The van der Waals surface area contributed by atoms with E-state index in [9.17, 15) is 13.2 Å². The third-order valence-corrected chi connectivity index (χ3v) is 3.22. The van der Waals surface area contributed by atoms with Crippen LogP contribution in [0.3, 0.4) is 0 Å². The molecule has 0 spiro atoms. The van der Waals surface area contributed by atoms with E-state index in [1.165, 1.54) is 4.68 Å². The number of anilines is 1. The van der Waals surface area contributed by atoms with Gasteiger partial charge in [-0.1, -0.05) is 6.07 Å². The van der Waals surface area contributed by atoms with E-state index in [2.05, 4.69) is 15.5 Å². The number of aromatic nitrogens is 4. The van der Waals surface area contributed by atoms with Crippen LogP contribution in [0.4, 0.5) is 18.9 Å². The summed E-state index contributed by atoms with van der Waals surface area (Å²) < 4.78 is 38.0. The highest BCUT2D eigenvalue weighted by Crippen LogP contribution is 2.27. The van der Waals surface area contributed by atoms with Gasteiger partial charge in [0.05, 0.1) is 0 Å². The number of hydrogen-bond acceptors (Lipinski definition) is 4. The molecule has 0 bridgehead atoms. The molecule has 0 aliphatic heterocycles. The zero-order valence-corrected chi connectivity index (χ0v) is 11.8. The molecule has 0 amide bonds. The zero-order valence-electron chi connectivity index (χ0n) is 11.8. The lowest BCUT2D eigenvalue weighted by molar-refractivity contribution is -0.136. The minimum atomic E-state index is -4.17.